The van der Waals surface area contributed by atoms with Crippen LogP contribution in [0, 0.1) is 0 Å². The van der Waals surface area contributed by atoms with Gasteiger partial charge in [-0.2, -0.15) is 0 Å². The maximum Gasteiger partial charge on any atom is 0.312 e. The van der Waals surface area contributed by atoms with Gasteiger partial charge in [-0.25, -0.2) is 18.4 Å². The number of nitrogens with two attached hydrogens (primary N) is 2. The lowest BCUT2D eigenvalue weighted by atomic mass is 10.1. The van der Waals surface area contributed by atoms with Crippen LogP contribution in [0.1, 0.15) is 18.5 Å². The first-order valence-electron chi connectivity index (χ1n) is 5.70. The predicted molar refractivity (Wildman–Crippen MR) is 71.8 cm³/mol. The average Bonchev–Trinajstić information content (AvgIpc) is 2.33. The van der Waals surface area contributed by atoms with Gasteiger partial charge in [0.25, 0.3) is 0 Å². The summed E-state index contributed by atoms with van der Waals surface area (Å²) in [5, 5.41) is 10.6. The number of rotatable bonds is 6. The molecule has 0 aliphatic carbocycles. The molecule has 1 unspecified atom stereocenters. The molecule has 0 fully saturated rings. The highest BCUT2D eigenvalue weighted by atomic mass is 32.2. The molecule has 19 heavy (non-hydrogen) atoms. The summed E-state index contributed by atoms with van der Waals surface area (Å²) in [6.45, 7) is 2.91. The minimum atomic E-state index is -3.66. The molecule has 2 amide bonds. The van der Waals surface area contributed by atoms with E-state index in [1.54, 1.807) is 12.1 Å². The van der Waals surface area contributed by atoms with E-state index in [1.165, 1.54) is 12.1 Å². The van der Waals surface area contributed by atoms with Crippen molar-refractivity contribution in [1.82, 2.24) is 10.6 Å². The fourth-order valence-corrected chi connectivity index (χ4v) is 2.05. The third-order valence-electron chi connectivity index (χ3n) is 2.58. The summed E-state index contributed by atoms with van der Waals surface area (Å²) in [5.41, 5.74) is 5.85. The summed E-state index contributed by atoms with van der Waals surface area (Å²) in [6, 6.07) is 5.77. The van der Waals surface area contributed by atoms with Gasteiger partial charge in [0, 0.05) is 19.1 Å². The number of primary amides is 1. The van der Waals surface area contributed by atoms with E-state index in [0.717, 1.165) is 5.56 Å². The van der Waals surface area contributed by atoms with E-state index in [9.17, 15) is 13.2 Å². The number of carbonyl (C=O) groups is 1. The molecule has 0 saturated carbocycles. The molecule has 0 aliphatic rings. The number of carbonyl (C=O) groups excluding carboxylic acids is 1. The highest BCUT2D eigenvalue weighted by molar-refractivity contribution is 7.89. The van der Waals surface area contributed by atoms with E-state index in [-0.39, 0.29) is 10.9 Å². The van der Waals surface area contributed by atoms with Gasteiger partial charge >= 0.3 is 6.03 Å². The van der Waals surface area contributed by atoms with Crippen molar-refractivity contribution in [2.45, 2.75) is 17.9 Å². The standard InChI is InChI=1S/C11H18N4O3S/c1-8(14-6-7-15-11(12)16)9-2-4-10(5-3-9)19(13,17)18/h2-5,8,14H,6-7H2,1H3,(H3,12,15,16)(H2,13,17,18). The molecule has 6 N–H and O–H groups in total. The van der Waals surface area contributed by atoms with E-state index in [4.69, 9.17) is 10.9 Å². The zero-order valence-electron chi connectivity index (χ0n) is 10.6. The third kappa shape index (κ3) is 5.25. The molecule has 0 aromatic heterocycles. The van der Waals surface area contributed by atoms with Crippen LogP contribution in [0.4, 0.5) is 4.79 Å². The smallest absolute Gasteiger partial charge is 0.312 e. The Hall–Kier alpha value is -1.64. The third-order valence-corrected chi connectivity index (χ3v) is 3.51. The molecule has 106 valence electrons. The summed E-state index contributed by atoms with van der Waals surface area (Å²) in [5.74, 6) is 0. The highest BCUT2D eigenvalue weighted by Crippen LogP contribution is 2.15. The Labute approximate surface area is 112 Å². The minimum absolute atomic E-state index is 0.0178. The monoisotopic (exact) mass is 286 g/mol. The van der Waals surface area contributed by atoms with Crippen molar-refractivity contribution < 1.29 is 13.2 Å². The molecule has 0 radical (unpaired) electrons. The van der Waals surface area contributed by atoms with Crippen LogP contribution in [-0.4, -0.2) is 27.5 Å². The molecule has 0 spiro atoms. The van der Waals surface area contributed by atoms with Gasteiger partial charge in [-0.1, -0.05) is 12.1 Å². The van der Waals surface area contributed by atoms with Crippen LogP contribution in [0.25, 0.3) is 0 Å². The van der Waals surface area contributed by atoms with Gasteiger partial charge in [0.2, 0.25) is 10.0 Å². The maximum absolute atomic E-state index is 11.1. The van der Waals surface area contributed by atoms with Crippen LogP contribution in [0.3, 0.4) is 0 Å². The zero-order valence-corrected chi connectivity index (χ0v) is 11.4. The molecule has 1 atom stereocenters. The topological polar surface area (TPSA) is 127 Å². The molecule has 7 nitrogen and oxygen atoms in total. The Kier molecular flexibility index (Phi) is 5.28. The minimum Gasteiger partial charge on any atom is -0.352 e. The van der Waals surface area contributed by atoms with Crippen LogP contribution in [0.15, 0.2) is 29.2 Å². The van der Waals surface area contributed by atoms with Gasteiger partial charge in [0.05, 0.1) is 4.90 Å². The van der Waals surface area contributed by atoms with Crippen molar-refractivity contribution in [3.8, 4) is 0 Å². The number of sulfonamides is 1. The first-order chi connectivity index (χ1) is 8.80. The fourth-order valence-electron chi connectivity index (χ4n) is 1.54. The van der Waals surface area contributed by atoms with Gasteiger partial charge in [0.15, 0.2) is 0 Å². The summed E-state index contributed by atoms with van der Waals surface area (Å²) in [4.78, 5) is 10.5. The second-order valence-electron chi connectivity index (χ2n) is 4.08. The highest BCUT2D eigenvalue weighted by Gasteiger charge is 2.09. The molecule has 0 heterocycles. The maximum atomic E-state index is 11.1. The SMILES string of the molecule is CC(NCCNC(N)=O)c1ccc(S(N)(=O)=O)cc1. The van der Waals surface area contributed by atoms with Crippen molar-refractivity contribution in [2.24, 2.45) is 10.9 Å². The number of nitrogens with one attached hydrogen (secondary N) is 2. The van der Waals surface area contributed by atoms with Gasteiger partial charge in [-0.3, -0.25) is 0 Å². The number of hydrogen-bond acceptors (Lipinski definition) is 4. The van der Waals surface area contributed by atoms with Crippen molar-refractivity contribution in [3.63, 3.8) is 0 Å². The van der Waals surface area contributed by atoms with Crippen molar-refractivity contribution in [2.75, 3.05) is 13.1 Å². The summed E-state index contributed by atoms with van der Waals surface area (Å²) in [6.07, 6.45) is 0. The number of benzene rings is 1. The normalized spacial score (nSPS) is 12.9. The van der Waals surface area contributed by atoms with Gasteiger partial charge in [0.1, 0.15) is 0 Å². The van der Waals surface area contributed by atoms with E-state index in [1.807, 2.05) is 6.92 Å². The quantitative estimate of drug-likeness (QED) is 0.533. The second kappa shape index (κ2) is 6.50. The van der Waals surface area contributed by atoms with Crippen molar-refractivity contribution in [1.29, 1.82) is 0 Å². The van der Waals surface area contributed by atoms with Crippen molar-refractivity contribution in [3.05, 3.63) is 29.8 Å². The summed E-state index contributed by atoms with van der Waals surface area (Å²) in [7, 11) is -3.66. The molecule has 0 saturated heterocycles. The Balaban J connectivity index is 2.54. The predicted octanol–water partition coefficient (Wildman–Crippen LogP) is -0.347. The van der Waals surface area contributed by atoms with E-state index < -0.39 is 16.1 Å². The number of hydrogen-bond donors (Lipinski definition) is 4. The lowest BCUT2D eigenvalue weighted by Gasteiger charge is -2.14. The Morgan fingerprint density at radius 2 is 1.84 bits per heavy atom. The second-order valence-corrected chi connectivity index (χ2v) is 5.64. The fraction of sp³-hybridized carbons (Fsp3) is 0.364. The van der Waals surface area contributed by atoms with Gasteiger partial charge < -0.3 is 16.4 Å². The summed E-state index contributed by atoms with van der Waals surface area (Å²) < 4.78 is 22.2. The largest absolute Gasteiger partial charge is 0.352 e. The molecular weight excluding hydrogens is 268 g/mol. The first-order valence-corrected chi connectivity index (χ1v) is 7.25. The Morgan fingerprint density at radius 3 is 2.32 bits per heavy atom. The molecule has 1 rings (SSSR count). The molecule has 1 aromatic rings. The Bertz CT molecular complexity index is 527. The molecule has 0 aliphatic heterocycles. The van der Waals surface area contributed by atoms with Crippen LogP contribution in [0.2, 0.25) is 0 Å². The first kappa shape index (κ1) is 15.4. The van der Waals surface area contributed by atoms with E-state index >= 15 is 0 Å². The van der Waals surface area contributed by atoms with Crippen molar-refractivity contribution >= 4 is 16.1 Å². The lowest BCUT2D eigenvalue weighted by Crippen LogP contribution is -2.36. The number of primary sulfonamides is 1. The van der Waals surface area contributed by atoms with E-state index in [2.05, 4.69) is 10.6 Å². The molecule has 0 bridgehead atoms. The number of urea groups is 1. The van der Waals surface area contributed by atoms with Crippen LogP contribution < -0.4 is 21.5 Å². The lowest BCUT2D eigenvalue weighted by molar-refractivity contribution is 0.249. The Morgan fingerprint density at radius 1 is 1.26 bits per heavy atom. The molecule has 8 heteroatoms. The molecule has 1 aromatic carbocycles. The number of amides is 2. The molecular formula is C11H18N4O3S. The van der Waals surface area contributed by atoms with E-state index in [0.29, 0.717) is 13.1 Å². The van der Waals surface area contributed by atoms with Gasteiger partial charge in [-0.05, 0) is 24.6 Å². The van der Waals surface area contributed by atoms with Crippen LogP contribution >= 0.6 is 0 Å². The summed E-state index contributed by atoms with van der Waals surface area (Å²) >= 11 is 0. The van der Waals surface area contributed by atoms with Gasteiger partial charge in [-0.15, -0.1) is 0 Å². The van der Waals surface area contributed by atoms with Crippen LogP contribution in [-0.2, 0) is 10.0 Å². The zero-order chi connectivity index (χ0) is 14.5. The average molecular weight is 286 g/mol. The van der Waals surface area contributed by atoms with Crippen LogP contribution in [0.5, 0.6) is 0 Å².